The average Bonchev–Trinajstić information content (AvgIpc) is 2.99. The Labute approximate surface area is 250 Å². The van der Waals surface area contributed by atoms with Crippen molar-refractivity contribution in [1.29, 1.82) is 0 Å². The van der Waals surface area contributed by atoms with E-state index in [0.29, 0.717) is 30.0 Å². The summed E-state index contributed by atoms with van der Waals surface area (Å²) in [4.78, 5) is 41.9. The van der Waals surface area contributed by atoms with Crippen LogP contribution in [0.1, 0.15) is 64.8 Å². The second kappa shape index (κ2) is 15.0. The number of ether oxygens (including phenoxy) is 1. The predicted molar refractivity (Wildman–Crippen MR) is 168 cm³/mol. The number of benzene rings is 3. The number of hydrogen-bond donors (Lipinski definition) is 3. The fourth-order valence-electron chi connectivity index (χ4n) is 4.70. The first-order chi connectivity index (χ1) is 20.4. The van der Waals surface area contributed by atoms with Gasteiger partial charge in [-0.25, -0.2) is 0 Å². The van der Waals surface area contributed by atoms with E-state index in [0.717, 1.165) is 70.3 Å². The number of methoxy groups -OCH3 is 1. The van der Waals surface area contributed by atoms with Crippen molar-refractivity contribution in [3.8, 4) is 5.75 Å². The van der Waals surface area contributed by atoms with Gasteiger partial charge in [-0.05, 0) is 67.8 Å². The van der Waals surface area contributed by atoms with Crippen LogP contribution in [0.3, 0.4) is 0 Å². The molecule has 4 N–H and O–H groups in total. The molecule has 4 aromatic rings. The molecule has 42 heavy (non-hydrogen) atoms. The molecule has 0 unspecified atom stereocenters. The minimum absolute atomic E-state index is 0.104. The van der Waals surface area contributed by atoms with Gasteiger partial charge in [-0.2, -0.15) is 0 Å². The minimum Gasteiger partial charge on any atom is -0.497 e. The molecule has 8 nitrogen and oxygen atoms in total. The van der Waals surface area contributed by atoms with Gasteiger partial charge < -0.3 is 25.9 Å². The first kappa shape index (κ1) is 30.6. The van der Waals surface area contributed by atoms with Crippen molar-refractivity contribution >= 4 is 52.1 Å². The summed E-state index contributed by atoms with van der Waals surface area (Å²) in [5.41, 5.74) is 9.64. The maximum absolute atomic E-state index is 12.8. The molecule has 0 radical (unpaired) electrons. The summed E-state index contributed by atoms with van der Waals surface area (Å²) in [5, 5.41) is 7.13. The molecule has 1 heterocycles. The molecule has 4 rings (SSSR count). The molecule has 3 aromatic carbocycles. The van der Waals surface area contributed by atoms with Crippen molar-refractivity contribution < 1.29 is 19.1 Å². The summed E-state index contributed by atoms with van der Waals surface area (Å²) < 4.78 is 5.35. The Balaban J connectivity index is 1.52. The summed E-state index contributed by atoms with van der Waals surface area (Å²) in [5.74, 6) is -0.00305. The molecular weight excluding hydrogens is 548 g/mol. The van der Waals surface area contributed by atoms with Crippen molar-refractivity contribution in [3.63, 3.8) is 0 Å². The van der Waals surface area contributed by atoms with E-state index < -0.39 is 5.91 Å². The van der Waals surface area contributed by atoms with Gasteiger partial charge in [0.1, 0.15) is 12.0 Å². The van der Waals surface area contributed by atoms with Crippen molar-refractivity contribution in [2.24, 2.45) is 5.73 Å². The molecular formula is C33H36N4O4S. The molecule has 0 saturated heterocycles. The van der Waals surface area contributed by atoms with E-state index in [1.807, 2.05) is 67.6 Å². The van der Waals surface area contributed by atoms with Gasteiger partial charge in [-0.3, -0.25) is 14.6 Å². The highest BCUT2D eigenvalue weighted by molar-refractivity contribution is 7.99. The van der Waals surface area contributed by atoms with E-state index >= 15 is 0 Å². The number of rotatable bonds is 15. The summed E-state index contributed by atoms with van der Waals surface area (Å²) in [6.07, 6.45) is 8.05. The van der Waals surface area contributed by atoms with E-state index in [-0.39, 0.29) is 11.5 Å². The topological polar surface area (TPSA) is 123 Å². The van der Waals surface area contributed by atoms with Gasteiger partial charge in [0.05, 0.1) is 23.9 Å². The van der Waals surface area contributed by atoms with Crippen LogP contribution in [0, 0.1) is 6.92 Å². The second-order valence-corrected chi connectivity index (χ2v) is 11.2. The van der Waals surface area contributed by atoms with Crippen LogP contribution in [0.5, 0.6) is 5.75 Å². The summed E-state index contributed by atoms with van der Waals surface area (Å²) in [6.45, 7) is 2.59. The van der Waals surface area contributed by atoms with Gasteiger partial charge in [0, 0.05) is 51.7 Å². The number of pyridine rings is 1. The van der Waals surface area contributed by atoms with Crippen molar-refractivity contribution in [2.45, 2.75) is 55.2 Å². The van der Waals surface area contributed by atoms with Crippen LogP contribution in [0.15, 0.2) is 76.7 Å². The Morgan fingerprint density at radius 2 is 1.76 bits per heavy atom. The number of carbonyl (C=O) groups excluding carboxylic acids is 3. The van der Waals surface area contributed by atoms with Crippen LogP contribution in [0.4, 0.5) is 11.4 Å². The van der Waals surface area contributed by atoms with E-state index in [1.165, 1.54) is 18.0 Å². The number of primary amides is 1. The lowest BCUT2D eigenvalue weighted by molar-refractivity contribution is -0.107. The molecule has 218 valence electrons. The number of nitrogens with zero attached hydrogens (tertiary/aromatic N) is 1. The van der Waals surface area contributed by atoms with E-state index in [1.54, 1.807) is 7.11 Å². The lowest BCUT2D eigenvalue weighted by Gasteiger charge is -2.16. The number of nitrogens with one attached hydrogen (secondary N) is 2. The number of nitrogens with two attached hydrogens (primary N) is 1. The number of aldehydes is 1. The van der Waals surface area contributed by atoms with Crippen LogP contribution < -0.4 is 21.1 Å². The first-order valence-corrected chi connectivity index (χ1v) is 14.8. The van der Waals surface area contributed by atoms with Gasteiger partial charge in [0.15, 0.2) is 0 Å². The van der Waals surface area contributed by atoms with Gasteiger partial charge in [0.25, 0.3) is 11.8 Å². The third kappa shape index (κ3) is 8.10. The standard InChI is InChI=1S/C33H36N4O4S/c1-22-17-27(42-26-14-9-11-23(18-26)33(40)35-15-7-5-3-4-6-8-16-38)20-28-30(22)36-21-29(32(34)39)31(28)37-24-12-10-13-25(19-24)41-2/h9-14,16-21H,3-8,15H2,1-2H3,(H2,34,39)(H,35,40)(H,36,37). The van der Waals surface area contributed by atoms with Gasteiger partial charge >= 0.3 is 0 Å². The Hall–Kier alpha value is -4.37. The molecule has 0 bridgehead atoms. The number of fused-ring (bicyclic) bond motifs is 1. The molecule has 0 atom stereocenters. The molecule has 0 aliphatic heterocycles. The average molecular weight is 585 g/mol. The molecule has 0 aliphatic rings. The first-order valence-electron chi connectivity index (χ1n) is 14.0. The van der Waals surface area contributed by atoms with Gasteiger partial charge in [-0.15, -0.1) is 0 Å². The Morgan fingerprint density at radius 1 is 0.976 bits per heavy atom. The van der Waals surface area contributed by atoms with Crippen LogP contribution in [-0.4, -0.2) is 36.7 Å². The Morgan fingerprint density at radius 3 is 2.55 bits per heavy atom. The molecule has 0 saturated carbocycles. The normalized spacial score (nSPS) is 10.8. The third-order valence-corrected chi connectivity index (χ3v) is 7.82. The highest BCUT2D eigenvalue weighted by atomic mass is 32.2. The molecule has 0 fully saturated rings. The van der Waals surface area contributed by atoms with Crippen molar-refractivity contribution in [3.05, 3.63) is 83.6 Å². The zero-order valence-electron chi connectivity index (χ0n) is 23.9. The van der Waals surface area contributed by atoms with Crippen molar-refractivity contribution in [2.75, 3.05) is 19.0 Å². The smallest absolute Gasteiger partial charge is 0.252 e. The van der Waals surface area contributed by atoms with Crippen LogP contribution in [0.25, 0.3) is 10.9 Å². The zero-order valence-corrected chi connectivity index (χ0v) is 24.8. The predicted octanol–water partition coefficient (Wildman–Crippen LogP) is 6.81. The number of amides is 2. The monoisotopic (exact) mass is 584 g/mol. The minimum atomic E-state index is -0.581. The maximum atomic E-state index is 12.8. The number of anilines is 2. The summed E-state index contributed by atoms with van der Waals surface area (Å²) >= 11 is 1.53. The number of hydrogen-bond acceptors (Lipinski definition) is 7. The zero-order chi connectivity index (χ0) is 29.9. The summed E-state index contributed by atoms with van der Waals surface area (Å²) in [7, 11) is 1.60. The molecule has 0 spiro atoms. The van der Waals surface area contributed by atoms with Crippen molar-refractivity contribution in [1.82, 2.24) is 10.3 Å². The largest absolute Gasteiger partial charge is 0.497 e. The van der Waals surface area contributed by atoms with E-state index in [2.05, 4.69) is 15.6 Å². The quantitative estimate of drug-likeness (QED) is 0.104. The van der Waals surface area contributed by atoms with Gasteiger partial charge in [0.2, 0.25) is 0 Å². The lowest BCUT2D eigenvalue weighted by Crippen LogP contribution is -2.24. The second-order valence-electron chi connectivity index (χ2n) is 10.0. The molecule has 1 aromatic heterocycles. The fourth-order valence-corrected chi connectivity index (χ4v) is 5.71. The highest BCUT2D eigenvalue weighted by Crippen LogP contribution is 2.37. The van der Waals surface area contributed by atoms with Crippen LogP contribution in [0.2, 0.25) is 0 Å². The third-order valence-electron chi connectivity index (χ3n) is 6.86. The molecule has 2 amide bonds. The van der Waals surface area contributed by atoms with Crippen LogP contribution in [-0.2, 0) is 4.79 Å². The number of aromatic nitrogens is 1. The Kier molecular flexibility index (Phi) is 10.9. The van der Waals surface area contributed by atoms with Crippen LogP contribution >= 0.6 is 11.8 Å². The van der Waals surface area contributed by atoms with E-state index in [9.17, 15) is 14.4 Å². The number of aryl methyl sites for hydroxylation is 1. The number of unbranched alkanes of at least 4 members (excludes halogenated alkanes) is 5. The highest BCUT2D eigenvalue weighted by Gasteiger charge is 2.17. The molecule has 9 heteroatoms. The SMILES string of the molecule is COc1cccc(Nc2c(C(N)=O)cnc3c(C)cc(Sc4cccc(C(=O)NCCCCCCCC=O)c4)cc23)c1. The summed E-state index contributed by atoms with van der Waals surface area (Å²) in [6, 6.07) is 19.0. The fraction of sp³-hybridized carbons (Fsp3) is 0.273. The Bertz CT molecular complexity index is 1570. The lowest BCUT2D eigenvalue weighted by atomic mass is 10.1. The van der Waals surface area contributed by atoms with Gasteiger partial charge in [-0.1, -0.05) is 43.2 Å². The van der Waals surface area contributed by atoms with E-state index in [4.69, 9.17) is 10.5 Å². The number of carbonyl (C=O) groups is 3. The molecule has 0 aliphatic carbocycles. The maximum Gasteiger partial charge on any atom is 0.252 e.